The van der Waals surface area contributed by atoms with Gasteiger partial charge in [0.2, 0.25) is 23.4 Å². The van der Waals surface area contributed by atoms with Crippen LogP contribution < -0.4 is 15.6 Å². The number of nitrogens with one attached hydrogen (secondary N) is 1. The fourth-order valence-electron chi connectivity index (χ4n) is 6.84. The van der Waals surface area contributed by atoms with Crippen LogP contribution in [0.2, 0.25) is 0 Å². The van der Waals surface area contributed by atoms with Gasteiger partial charge in [0, 0.05) is 55.1 Å². The average molecular weight is 869 g/mol. The topological polar surface area (TPSA) is 193 Å². The predicted molar refractivity (Wildman–Crippen MR) is 214 cm³/mol. The highest BCUT2D eigenvalue weighted by molar-refractivity contribution is 6.19. The van der Waals surface area contributed by atoms with Gasteiger partial charge < -0.3 is 30.7 Å². The fraction of sp³-hybridized carbons (Fsp3) is 0.341. The second-order valence-corrected chi connectivity index (χ2v) is 15.5. The van der Waals surface area contributed by atoms with E-state index in [4.69, 9.17) is 15.6 Å². The summed E-state index contributed by atoms with van der Waals surface area (Å²) in [5.74, 6) is -6.01. The van der Waals surface area contributed by atoms with E-state index in [1.54, 1.807) is 30.6 Å². The van der Waals surface area contributed by atoms with Crippen LogP contribution >= 0.6 is 0 Å². The third-order valence-electron chi connectivity index (χ3n) is 9.77. The number of Topliss-reactive ketones (excluding diaryl/α,β-unsaturated/α-hetero) is 1. The molecule has 0 saturated carbocycles. The molecule has 1 aliphatic rings. The number of ketones is 3. The van der Waals surface area contributed by atoms with Gasteiger partial charge in [-0.05, 0) is 66.3 Å². The number of aliphatic hydroxyl groups is 1. The van der Waals surface area contributed by atoms with Crippen molar-refractivity contribution in [3.05, 3.63) is 126 Å². The summed E-state index contributed by atoms with van der Waals surface area (Å²) in [5, 5.41) is 20.0. The first kappa shape index (κ1) is 48.3. The zero-order valence-corrected chi connectivity index (χ0v) is 34.1. The predicted octanol–water partition coefficient (Wildman–Crippen LogP) is 5.06. The fourth-order valence-corrected chi connectivity index (χ4v) is 6.84. The summed E-state index contributed by atoms with van der Waals surface area (Å²) in [6, 6.07) is 14.9. The molecule has 5 rings (SSSR count). The van der Waals surface area contributed by atoms with E-state index in [-0.39, 0.29) is 48.8 Å². The van der Waals surface area contributed by atoms with E-state index in [9.17, 15) is 46.6 Å². The molecule has 2 aromatic heterocycles. The molecule has 62 heavy (non-hydrogen) atoms. The van der Waals surface area contributed by atoms with Crippen LogP contribution in [0.25, 0.3) is 11.1 Å². The van der Waals surface area contributed by atoms with E-state index in [1.807, 2.05) is 55.7 Å². The highest BCUT2D eigenvalue weighted by Gasteiger charge is 2.39. The number of amides is 2. The van der Waals surface area contributed by atoms with Crippen LogP contribution in [-0.4, -0.2) is 86.7 Å². The van der Waals surface area contributed by atoms with E-state index < -0.39 is 65.7 Å². The summed E-state index contributed by atoms with van der Waals surface area (Å²) in [4.78, 5) is 74.0. The van der Waals surface area contributed by atoms with Crippen molar-refractivity contribution in [2.75, 3.05) is 19.7 Å². The molecular weight excluding hydrogens is 822 g/mol. The zero-order valence-electron chi connectivity index (χ0n) is 34.1. The quantitative estimate of drug-likeness (QED) is 0.0392. The summed E-state index contributed by atoms with van der Waals surface area (Å²) in [6.07, 6.45) is 2.50. The number of carbonyl (C=O) groups excluding carboxylic acids is 5. The minimum Gasteiger partial charge on any atom is -0.475 e. The van der Waals surface area contributed by atoms with Crippen molar-refractivity contribution < 1.29 is 65.5 Å². The summed E-state index contributed by atoms with van der Waals surface area (Å²) in [5.41, 5.74) is 7.99. The average Bonchev–Trinajstić information content (AvgIpc) is 3.78. The standard InChI is InChI=1S/C42H45F2N5O6.C2HF3O2/c1-42(2,3)40(34-21-29(31-22-30(43)13-14-32(31)44)25-48(34)23-27-9-5-4-6-10-27)49(38(54)26-50)20-17-33(45)41(55)46-18-7-12-35(51)28-11-8-19-47(24-28)39-36(52)15-16-37(39)53;3-2(4,5)1(6)7/h4-6,8-11,13-16,19,21-22,24-25,33,39-40,50H,7,12,17-18,20,23,26,45H2,1-3H3;(H,6,7)/p+1/t33-,40-;/m0./s1. The van der Waals surface area contributed by atoms with Gasteiger partial charge in [-0.25, -0.2) is 13.6 Å². The number of allylic oxidation sites excluding steroid dienone is 2. The number of pyridine rings is 1. The Hall–Kier alpha value is -6.40. The van der Waals surface area contributed by atoms with Crippen molar-refractivity contribution in [3.63, 3.8) is 0 Å². The van der Waals surface area contributed by atoms with Crippen LogP contribution in [0.4, 0.5) is 22.0 Å². The minimum atomic E-state index is -5.08. The molecule has 0 aliphatic heterocycles. The molecule has 2 heterocycles. The van der Waals surface area contributed by atoms with Crippen molar-refractivity contribution in [3.8, 4) is 11.1 Å². The number of carboxylic acid groups (broad SMARTS) is 1. The number of rotatable bonds is 16. The smallest absolute Gasteiger partial charge is 0.475 e. The Balaban J connectivity index is 0.00000111. The van der Waals surface area contributed by atoms with Gasteiger partial charge in [-0.3, -0.25) is 24.0 Å². The van der Waals surface area contributed by atoms with Crippen molar-refractivity contribution in [2.45, 2.75) is 70.9 Å². The largest absolute Gasteiger partial charge is 0.490 e. The summed E-state index contributed by atoms with van der Waals surface area (Å²) >= 11 is 0. The maximum atomic E-state index is 15.0. The third kappa shape index (κ3) is 12.8. The summed E-state index contributed by atoms with van der Waals surface area (Å²) in [6.45, 7) is 5.45. The lowest BCUT2D eigenvalue weighted by molar-refractivity contribution is -0.694. The first-order chi connectivity index (χ1) is 29.1. The summed E-state index contributed by atoms with van der Waals surface area (Å²) < 4.78 is 64.4. The molecule has 2 atom stereocenters. The minimum absolute atomic E-state index is 0.00982. The van der Waals surface area contributed by atoms with Crippen molar-refractivity contribution in [1.29, 1.82) is 0 Å². The number of hydrogen-bond acceptors (Lipinski definition) is 8. The molecule has 1 aliphatic carbocycles. The van der Waals surface area contributed by atoms with E-state index in [0.29, 0.717) is 29.8 Å². The lowest BCUT2D eigenvalue weighted by Crippen LogP contribution is -2.47. The monoisotopic (exact) mass is 868 g/mol. The van der Waals surface area contributed by atoms with Crippen molar-refractivity contribution >= 4 is 35.1 Å². The second kappa shape index (κ2) is 20.9. The number of aliphatic hydroxyl groups excluding tert-OH is 1. The number of aliphatic carboxylic acids is 1. The molecule has 330 valence electrons. The number of carbonyl (C=O) groups is 6. The van der Waals surface area contributed by atoms with E-state index in [2.05, 4.69) is 5.32 Å². The Bertz CT molecular complexity index is 2290. The number of nitrogens with two attached hydrogens (primary N) is 1. The first-order valence-electron chi connectivity index (χ1n) is 19.3. The Morgan fingerprint density at radius 1 is 0.952 bits per heavy atom. The maximum absolute atomic E-state index is 15.0. The Labute approximate surface area is 353 Å². The Morgan fingerprint density at radius 2 is 1.60 bits per heavy atom. The molecule has 0 radical (unpaired) electrons. The first-order valence-corrected chi connectivity index (χ1v) is 19.3. The molecule has 2 amide bonds. The molecule has 0 saturated heterocycles. The highest BCUT2D eigenvalue weighted by atomic mass is 19.4. The highest BCUT2D eigenvalue weighted by Crippen LogP contribution is 2.41. The lowest BCUT2D eigenvalue weighted by atomic mass is 9.82. The molecule has 13 nitrogen and oxygen atoms in total. The lowest BCUT2D eigenvalue weighted by Gasteiger charge is -2.41. The Kier molecular flexibility index (Phi) is 16.3. The molecule has 0 fully saturated rings. The molecule has 4 aromatic rings. The van der Waals surface area contributed by atoms with E-state index in [0.717, 1.165) is 23.8 Å². The SMILES string of the molecule is CC(C)(C)[C@H](c1cc(-c2cc(F)ccc2F)cn1Cc1ccccc1)N(CC[C@H](N)C(=O)NCCCC(=O)c1ccc[n+](C2C(=O)C=CC2=O)c1)C(=O)CO.O=C(O)C(F)(F)F. The molecule has 18 heteroatoms. The van der Waals surface area contributed by atoms with Gasteiger partial charge in [0.05, 0.1) is 17.6 Å². The number of halogens is 5. The van der Waals surface area contributed by atoms with Crippen LogP contribution in [0.3, 0.4) is 0 Å². The van der Waals surface area contributed by atoms with Crippen LogP contribution in [0.15, 0.2) is 97.5 Å². The van der Waals surface area contributed by atoms with Crippen LogP contribution in [0.5, 0.6) is 0 Å². The third-order valence-corrected chi connectivity index (χ3v) is 9.77. The van der Waals surface area contributed by atoms with Gasteiger partial charge in [-0.1, -0.05) is 51.1 Å². The zero-order chi connectivity index (χ0) is 45.9. The van der Waals surface area contributed by atoms with E-state index >= 15 is 4.39 Å². The number of benzene rings is 2. The van der Waals surface area contributed by atoms with Crippen LogP contribution in [-0.2, 0) is 30.5 Å². The molecule has 0 bridgehead atoms. The molecule has 2 aromatic carbocycles. The van der Waals surface area contributed by atoms with Crippen molar-refractivity contribution in [1.82, 2.24) is 14.8 Å². The van der Waals surface area contributed by atoms with Crippen LogP contribution in [0, 0.1) is 17.0 Å². The van der Waals surface area contributed by atoms with Gasteiger partial charge in [-0.2, -0.15) is 17.7 Å². The molecule has 0 unspecified atom stereocenters. The number of nitrogens with zero attached hydrogens (tertiary/aromatic N) is 3. The maximum Gasteiger partial charge on any atom is 0.490 e. The van der Waals surface area contributed by atoms with Crippen molar-refractivity contribution in [2.24, 2.45) is 11.1 Å². The van der Waals surface area contributed by atoms with Gasteiger partial charge >= 0.3 is 12.1 Å². The Morgan fingerprint density at radius 3 is 2.19 bits per heavy atom. The molecule has 5 N–H and O–H groups in total. The number of aromatic nitrogens is 2. The van der Waals surface area contributed by atoms with Gasteiger partial charge in [-0.15, -0.1) is 0 Å². The number of alkyl halides is 3. The van der Waals surface area contributed by atoms with Crippen LogP contribution in [0.1, 0.15) is 73.7 Å². The second-order valence-electron chi connectivity index (χ2n) is 15.5. The van der Waals surface area contributed by atoms with Gasteiger partial charge in [0.15, 0.2) is 18.2 Å². The number of hydrogen-bond donors (Lipinski definition) is 4. The molecular formula is C44H47F5N5O8+. The molecule has 0 spiro atoms. The van der Waals surface area contributed by atoms with Gasteiger partial charge in [0.1, 0.15) is 18.2 Å². The van der Waals surface area contributed by atoms with E-state index in [1.165, 1.54) is 27.8 Å². The van der Waals surface area contributed by atoms with Gasteiger partial charge in [0.25, 0.3) is 6.04 Å². The number of carboxylic acids is 1. The normalized spacial score (nSPS) is 13.9. The summed E-state index contributed by atoms with van der Waals surface area (Å²) in [7, 11) is 0.